The molecule has 0 aromatic carbocycles. The molecule has 0 saturated heterocycles. The van der Waals surface area contributed by atoms with Crippen molar-refractivity contribution in [1.29, 1.82) is 0 Å². The maximum absolute atomic E-state index is 12.1. The number of ketones is 1. The number of amides is 1. The van der Waals surface area contributed by atoms with Crippen LogP contribution >= 0.6 is 11.3 Å². The summed E-state index contributed by atoms with van der Waals surface area (Å²) >= 11 is 1.55. The van der Waals surface area contributed by atoms with Gasteiger partial charge in [-0.3, -0.25) is 4.79 Å². The van der Waals surface area contributed by atoms with Crippen LogP contribution in [-0.4, -0.2) is 47.3 Å². The third-order valence-corrected chi connectivity index (χ3v) is 5.52. The number of likely N-dealkylation sites (N-methyl/N-ethyl adjacent to an activating group) is 1. The van der Waals surface area contributed by atoms with Crippen LogP contribution in [0.15, 0.2) is 0 Å². The van der Waals surface area contributed by atoms with Gasteiger partial charge in [0, 0.05) is 17.3 Å². The average Bonchev–Trinajstić information content (AvgIpc) is 2.93. The van der Waals surface area contributed by atoms with Gasteiger partial charge in [0.05, 0.1) is 11.7 Å². The van der Waals surface area contributed by atoms with Crippen molar-refractivity contribution in [2.24, 2.45) is 5.73 Å². The maximum Gasteiger partial charge on any atom is 0.243 e. The highest BCUT2D eigenvalue weighted by molar-refractivity contribution is 7.15. The molecule has 1 aromatic heterocycles. The fraction of sp³-hybridized carbons (Fsp3) is 0.706. The van der Waals surface area contributed by atoms with Crippen molar-refractivity contribution in [3.63, 3.8) is 0 Å². The molecule has 1 aliphatic carbocycles. The topological polar surface area (TPSA) is 88.3 Å². The molecule has 24 heavy (non-hydrogen) atoms. The van der Waals surface area contributed by atoms with Crippen LogP contribution in [-0.2, 0) is 22.4 Å². The first kappa shape index (κ1) is 19.0. The molecule has 2 rings (SSSR count). The number of anilines is 1. The Morgan fingerprint density at radius 1 is 1.50 bits per heavy atom. The van der Waals surface area contributed by atoms with Gasteiger partial charge in [0.2, 0.25) is 5.91 Å². The van der Waals surface area contributed by atoms with Gasteiger partial charge in [-0.05, 0) is 52.6 Å². The molecular weight excluding hydrogens is 324 g/mol. The van der Waals surface area contributed by atoms with Crippen molar-refractivity contribution in [3.05, 3.63) is 10.6 Å². The molecule has 2 atom stereocenters. The largest absolute Gasteiger partial charge is 0.320 e. The first-order chi connectivity index (χ1) is 11.4. The van der Waals surface area contributed by atoms with Gasteiger partial charge in [-0.2, -0.15) is 0 Å². The molecule has 0 unspecified atom stereocenters. The maximum atomic E-state index is 12.1. The lowest BCUT2D eigenvalue weighted by Crippen LogP contribution is -2.36. The third-order valence-electron chi connectivity index (χ3n) is 4.49. The Bertz CT molecular complexity index is 587. The number of thiazole rings is 1. The minimum absolute atomic E-state index is 0.0465. The summed E-state index contributed by atoms with van der Waals surface area (Å²) in [5.41, 5.74) is 6.94. The van der Waals surface area contributed by atoms with Crippen LogP contribution in [0, 0.1) is 0 Å². The van der Waals surface area contributed by atoms with E-state index in [9.17, 15) is 9.59 Å². The Balaban J connectivity index is 1.93. The molecule has 1 aromatic rings. The fourth-order valence-electron chi connectivity index (χ4n) is 3.01. The molecule has 0 saturated carbocycles. The predicted molar refractivity (Wildman–Crippen MR) is 97.4 cm³/mol. The quantitative estimate of drug-likeness (QED) is 0.747. The predicted octanol–water partition coefficient (Wildman–Crippen LogP) is 1.98. The number of hydrogen-bond acceptors (Lipinski definition) is 6. The van der Waals surface area contributed by atoms with Gasteiger partial charge in [-0.15, -0.1) is 11.3 Å². The minimum atomic E-state index is -0.668. The number of carbonyl (C=O) groups excluding carboxylic acids is 2. The Morgan fingerprint density at radius 3 is 2.92 bits per heavy atom. The van der Waals surface area contributed by atoms with Crippen molar-refractivity contribution in [1.82, 2.24) is 9.88 Å². The van der Waals surface area contributed by atoms with Crippen LogP contribution < -0.4 is 11.1 Å². The highest BCUT2D eigenvalue weighted by Gasteiger charge is 2.26. The van der Waals surface area contributed by atoms with E-state index >= 15 is 0 Å². The first-order valence-corrected chi connectivity index (χ1v) is 9.47. The summed E-state index contributed by atoms with van der Waals surface area (Å²) in [5.74, 6) is -0.216. The summed E-state index contributed by atoms with van der Waals surface area (Å²) in [4.78, 5) is 31.3. The van der Waals surface area contributed by atoms with Crippen LogP contribution in [0.25, 0.3) is 0 Å². The van der Waals surface area contributed by atoms with Crippen molar-refractivity contribution in [3.8, 4) is 0 Å². The van der Waals surface area contributed by atoms with Gasteiger partial charge < -0.3 is 20.7 Å². The zero-order valence-electron chi connectivity index (χ0n) is 14.8. The van der Waals surface area contributed by atoms with Crippen LogP contribution in [0.2, 0.25) is 0 Å². The number of nitrogens with two attached hydrogens (primary N) is 1. The van der Waals surface area contributed by atoms with Crippen LogP contribution in [0.4, 0.5) is 5.13 Å². The highest BCUT2D eigenvalue weighted by atomic mass is 32.1. The van der Waals surface area contributed by atoms with E-state index in [0.29, 0.717) is 24.0 Å². The number of aromatic nitrogens is 1. The molecule has 134 valence electrons. The average molecular weight is 353 g/mol. The number of nitrogens with zero attached hydrogens (tertiary/aromatic N) is 2. The zero-order chi connectivity index (χ0) is 17.7. The summed E-state index contributed by atoms with van der Waals surface area (Å²) in [6.45, 7) is 4.80. The van der Waals surface area contributed by atoms with E-state index in [1.807, 2.05) is 0 Å². The second kappa shape index (κ2) is 8.69. The lowest BCUT2D eigenvalue weighted by atomic mass is 9.96. The fourth-order valence-corrected chi connectivity index (χ4v) is 4.09. The number of aryl methyl sites for hydroxylation is 1. The molecule has 1 heterocycles. The lowest BCUT2D eigenvalue weighted by Gasteiger charge is -2.30. The second-order valence-electron chi connectivity index (χ2n) is 6.60. The van der Waals surface area contributed by atoms with E-state index < -0.39 is 6.04 Å². The molecule has 0 radical (unpaired) electrons. The van der Waals surface area contributed by atoms with E-state index in [0.717, 1.165) is 37.9 Å². The van der Waals surface area contributed by atoms with Gasteiger partial charge in [0.25, 0.3) is 0 Å². The van der Waals surface area contributed by atoms with Crippen molar-refractivity contribution in [2.45, 2.75) is 64.5 Å². The normalized spacial score (nSPS) is 18.3. The Hall–Kier alpha value is -1.31. The van der Waals surface area contributed by atoms with Gasteiger partial charge in [0.15, 0.2) is 5.13 Å². The third kappa shape index (κ3) is 5.09. The summed E-state index contributed by atoms with van der Waals surface area (Å²) in [7, 11) is 2.18. The van der Waals surface area contributed by atoms with E-state index in [2.05, 4.69) is 29.2 Å². The summed E-state index contributed by atoms with van der Waals surface area (Å²) in [6, 6.07) is -0.113. The molecule has 1 amide bonds. The molecule has 6 nitrogen and oxygen atoms in total. The van der Waals surface area contributed by atoms with Gasteiger partial charge in [-0.25, -0.2) is 4.98 Å². The number of rotatable bonds is 8. The first-order valence-electron chi connectivity index (χ1n) is 8.65. The van der Waals surface area contributed by atoms with Gasteiger partial charge >= 0.3 is 0 Å². The Labute approximate surface area is 147 Å². The highest BCUT2D eigenvalue weighted by Crippen LogP contribution is 2.31. The number of nitrogens with one attached hydrogen (secondary N) is 1. The summed E-state index contributed by atoms with van der Waals surface area (Å²) in [5, 5.41) is 3.44. The zero-order valence-corrected chi connectivity index (χ0v) is 15.6. The van der Waals surface area contributed by atoms with Gasteiger partial charge in [0.1, 0.15) is 5.78 Å². The number of hydrogen-bond donors (Lipinski definition) is 2. The molecule has 0 bridgehead atoms. The number of Topliss-reactive ketones (excluding diaryl/α,β-unsaturated/α-hetero) is 1. The molecule has 3 N–H and O–H groups in total. The smallest absolute Gasteiger partial charge is 0.243 e. The molecule has 7 heteroatoms. The molecule has 0 aliphatic heterocycles. The second-order valence-corrected chi connectivity index (χ2v) is 7.69. The Kier molecular flexibility index (Phi) is 6.89. The lowest BCUT2D eigenvalue weighted by molar-refractivity contribution is -0.118. The molecule has 1 aliphatic rings. The van der Waals surface area contributed by atoms with Crippen LogP contribution in [0.1, 0.15) is 50.1 Å². The van der Waals surface area contributed by atoms with E-state index in [-0.39, 0.29) is 11.7 Å². The summed E-state index contributed by atoms with van der Waals surface area (Å²) < 4.78 is 0. The standard InChI is InChI=1S/C17H28N4O2S/c1-4-9-21(3)12-6-8-14-15(10-12)24-17(19-14)20-16(23)13(18)7-5-11(2)22/h12-13H,4-10,18H2,1-3H3,(H,19,20,23)/t12-,13-/m0/s1. The molecule has 0 spiro atoms. The SMILES string of the molecule is CCCN(C)[C@H]1CCc2nc(NC(=O)[C@@H](N)CCC(C)=O)sc2C1. The van der Waals surface area contributed by atoms with E-state index in [4.69, 9.17) is 5.73 Å². The number of carbonyl (C=O) groups is 2. The van der Waals surface area contributed by atoms with Crippen LogP contribution in [0.3, 0.4) is 0 Å². The van der Waals surface area contributed by atoms with Crippen molar-refractivity contribution < 1.29 is 9.59 Å². The van der Waals surface area contributed by atoms with E-state index in [1.165, 1.54) is 11.8 Å². The van der Waals surface area contributed by atoms with Gasteiger partial charge in [-0.1, -0.05) is 6.92 Å². The minimum Gasteiger partial charge on any atom is -0.320 e. The molecular formula is C17H28N4O2S. The van der Waals surface area contributed by atoms with E-state index in [1.54, 1.807) is 11.3 Å². The summed E-state index contributed by atoms with van der Waals surface area (Å²) in [6.07, 6.45) is 4.91. The van der Waals surface area contributed by atoms with Crippen LogP contribution in [0.5, 0.6) is 0 Å². The molecule has 0 fully saturated rings. The van der Waals surface area contributed by atoms with Crippen molar-refractivity contribution >= 4 is 28.2 Å². The number of fused-ring (bicyclic) bond motifs is 1. The monoisotopic (exact) mass is 352 g/mol. The van der Waals surface area contributed by atoms with Crippen molar-refractivity contribution in [2.75, 3.05) is 18.9 Å². The Morgan fingerprint density at radius 2 is 2.25 bits per heavy atom.